The van der Waals surface area contributed by atoms with E-state index >= 15 is 0 Å². The number of amides is 2. The molecule has 1 aromatic heterocycles. The Balaban J connectivity index is 1.80. The van der Waals surface area contributed by atoms with E-state index in [1.165, 1.54) is 28.0 Å². The second-order valence-electron chi connectivity index (χ2n) is 6.01. The summed E-state index contributed by atoms with van der Waals surface area (Å²) < 4.78 is 13.1. The SMILES string of the molecule is Cc1ccc(C)c(N2CCN(Cc3ccc(F)cc3Cl)C(=O)C2=O)n1. The molecule has 1 aromatic carbocycles. The third-order valence-corrected chi connectivity index (χ3v) is 4.50. The smallest absolute Gasteiger partial charge is 0.317 e. The number of carbonyl (C=O) groups is 2. The molecule has 0 bridgehead atoms. The normalized spacial score (nSPS) is 15.0. The average molecular weight is 362 g/mol. The van der Waals surface area contributed by atoms with Crippen LogP contribution in [0, 0.1) is 19.7 Å². The molecule has 3 rings (SSSR count). The van der Waals surface area contributed by atoms with Crippen molar-refractivity contribution < 1.29 is 14.0 Å². The number of rotatable bonds is 3. The van der Waals surface area contributed by atoms with Gasteiger partial charge in [0.25, 0.3) is 0 Å². The van der Waals surface area contributed by atoms with Crippen LogP contribution in [-0.2, 0) is 16.1 Å². The molecular formula is C18H17ClFN3O2. The van der Waals surface area contributed by atoms with Crippen LogP contribution in [-0.4, -0.2) is 34.8 Å². The number of anilines is 1. The number of halogens is 2. The van der Waals surface area contributed by atoms with Gasteiger partial charge < -0.3 is 4.90 Å². The second-order valence-corrected chi connectivity index (χ2v) is 6.42. The lowest BCUT2D eigenvalue weighted by Crippen LogP contribution is -2.54. The molecule has 0 N–H and O–H groups in total. The minimum Gasteiger partial charge on any atom is -0.328 e. The number of pyridine rings is 1. The Morgan fingerprint density at radius 3 is 2.60 bits per heavy atom. The van der Waals surface area contributed by atoms with Gasteiger partial charge in [-0.3, -0.25) is 14.5 Å². The first-order valence-electron chi connectivity index (χ1n) is 7.86. The molecular weight excluding hydrogens is 345 g/mol. The van der Waals surface area contributed by atoms with Crippen molar-refractivity contribution >= 4 is 29.2 Å². The zero-order chi connectivity index (χ0) is 18.1. The predicted octanol–water partition coefficient (Wildman–Crippen LogP) is 2.87. The monoisotopic (exact) mass is 361 g/mol. The standard InChI is InChI=1S/C18H17ClFN3O2/c1-11-3-4-12(2)21-16(11)23-8-7-22(17(24)18(23)25)10-13-5-6-14(20)9-15(13)19/h3-6,9H,7-8,10H2,1-2H3. The molecule has 5 nitrogen and oxygen atoms in total. The van der Waals surface area contributed by atoms with Crippen LogP contribution in [0.15, 0.2) is 30.3 Å². The molecule has 2 amide bonds. The van der Waals surface area contributed by atoms with E-state index in [0.29, 0.717) is 24.5 Å². The number of hydrogen-bond donors (Lipinski definition) is 0. The lowest BCUT2D eigenvalue weighted by atomic mass is 10.1. The topological polar surface area (TPSA) is 53.5 Å². The van der Waals surface area contributed by atoms with Gasteiger partial charge in [0.1, 0.15) is 11.6 Å². The minimum absolute atomic E-state index is 0.164. The van der Waals surface area contributed by atoms with Crippen LogP contribution in [0.25, 0.3) is 0 Å². The van der Waals surface area contributed by atoms with Crippen molar-refractivity contribution in [1.82, 2.24) is 9.88 Å². The third-order valence-electron chi connectivity index (χ3n) is 4.15. The zero-order valence-corrected chi connectivity index (χ0v) is 14.7. The molecule has 0 radical (unpaired) electrons. The van der Waals surface area contributed by atoms with Crippen LogP contribution >= 0.6 is 11.6 Å². The van der Waals surface area contributed by atoms with Crippen molar-refractivity contribution in [2.24, 2.45) is 0 Å². The Labute approximate surface area is 150 Å². The van der Waals surface area contributed by atoms with E-state index in [2.05, 4.69) is 4.98 Å². The minimum atomic E-state index is -0.620. The number of piperazine rings is 1. The molecule has 130 valence electrons. The number of carbonyl (C=O) groups excluding carboxylic acids is 2. The van der Waals surface area contributed by atoms with Gasteiger partial charge in [-0.1, -0.05) is 23.7 Å². The summed E-state index contributed by atoms with van der Waals surface area (Å²) in [4.78, 5) is 32.2. The van der Waals surface area contributed by atoms with Crippen molar-refractivity contribution in [1.29, 1.82) is 0 Å². The average Bonchev–Trinajstić information content (AvgIpc) is 2.57. The Bertz CT molecular complexity index is 856. The van der Waals surface area contributed by atoms with E-state index in [1.54, 1.807) is 0 Å². The summed E-state index contributed by atoms with van der Waals surface area (Å²) in [6, 6.07) is 7.73. The van der Waals surface area contributed by atoms with E-state index in [0.717, 1.165) is 11.3 Å². The van der Waals surface area contributed by atoms with E-state index in [1.807, 2.05) is 26.0 Å². The summed E-state index contributed by atoms with van der Waals surface area (Å²) in [6.45, 7) is 4.55. The van der Waals surface area contributed by atoms with Gasteiger partial charge in [-0.2, -0.15) is 0 Å². The maximum absolute atomic E-state index is 13.1. The highest BCUT2D eigenvalue weighted by Gasteiger charge is 2.34. The van der Waals surface area contributed by atoms with Crippen molar-refractivity contribution in [2.45, 2.75) is 20.4 Å². The maximum Gasteiger partial charge on any atom is 0.317 e. The Morgan fingerprint density at radius 2 is 1.88 bits per heavy atom. The Hall–Kier alpha value is -2.47. The molecule has 0 unspecified atom stereocenters. The maximum atomic E-state index is 13.1. The van der Waals surface area contributed by atoms with E-state index in [-0.39, 0.29) is 11.6 Å². The van der Waals surface area contributed by atoms with Crippen LogP contribution in [0.2, 0.25) is 5.02 Å². The summed E-state index contributed by atoms with van der Waals surface area (Å²) in [5, 5.41) is 0.235. The summed E-state index contributed by atoms with van der Waals surface area (Å²) in [6.07, 6.45) is 0. The van der Waals surface area contributed by atoms with Crippen LogP contribution in [0.1, 0.15) is 16.8 Å². The molecule has 1 fully saturated rings. The number of aromatic nitrogens is 1. The molecule has 0 atom stereocenters. The van der Waals surface area contributed by atoms with Crippen LogP contribution < -0.4 is 4.90 Å². The summed E-state index contributed by atoms with van der Waals surface area (Å²) >= 11 is 6.01. The fourth-order valence-corrected chi connectivity index (χ4v) is 3.00. The fraction of sp³-hybridized carbons (Fsp3) is 0.278. The quantitative estimate of drug-likeness (QED) is 0.790. The van der Waals surface area contributed by atoms with Crippen molar-refractivity contribution in [3.8, 4) is 0 Å². The highest BCUT2D eigenvalue weighted by molar-refractivity contribution is 6.41. The molecule has 1 aliphatic heterocycles. The summed E-state index contributed by atoms with van der Waals surface area (Å²) in [5.74, 6) is -1.17. The van der Waals surface area contributed by atoms with Crippen LogP contribution in [0.5, 0.6) is 0 Å². The van der Waals surface area contributed by atoms with Gasteiger partial charge in [-0.25, -0.2) is 9.37 Å². The van der Waals surface area contributed by atoms with Gasteiger partial charge in [0.05, 0.1) is 0 Å². The lowest BCUT2D eigenvalue weighted by molar-refractivity contribution is -0.146. The van der Waals surface area contributed by atoms with Crippen LogP contribution in [0.3, 0.4) is 0 Å². The molecule has 25 heavy (non-hydrogen) atoms. The highest BCUT2D eigenvalue weighted by atomic mass is 35.5. The lowest BCUT2D eigenvalue weighted by Gasteiger charge is -2.34. The molecule has 2 aromatic rings. The zero-order valence-electron chi connectivity index (χ0n) is 13.9. The van der Waals surface area contributed by atoms with Gasteiger partial charge in [0.2, 0.25) is 0 Å². The van der Waals surface area contributed by atoms with E-state index in [4.69, 9.17) is 11.6 Å². The predicted molar refractivity (Wildman–Crippen MR) is 92.9 cm³/mol. The number of nitrogens with zero attached hydrogens (tertiary/aromatic N) is 3. The fourth-order valence-electron chi connectivity index (χ4n) is 2.77. The summed E-state index contributed by atoms with van der Waals surface area (Å²) in [7, 11) is 0. The van der Waals surface area contributed by atoms with Crippen molar-refractivity contribution in [3.05, 3.63) is 58.0 Å². The van der Waals surface area contributed by atoms with Gasteiger partial charge in [0.15, 0.2) is 0 Å². The Morgan fingerprint density at radius 1 is 1.12 bits per heavy atom. The first-order valence-corrected chi connectivity index (χ1v) is 8.23. The van der Waals surface area contributed by atoms with Gasteiger partial charge in [-0.05, 0) is 43.2 Å². The molecule has 2 heterocycles. The van der Waals surface area contributed by atoms with E-state index in [9.17, 15) is 14.0 Å². The highest BCUT2D eigenvalue weighted by Crippen LogP contribution is 2.23. The Kier molecular flexibility index (Phi) is 4.72. The first kappa shape index (κ1) is 17.4. The van der Waals surface area contributed by atoms with Gasteiger partial charge in [0, 0.05) is 30.4 Å². The van der Waals surface area contributed by atoms with Gasteiger partial charge in [-0.15, -0.1) is 0 Å². The summed E-state index contributed by atoms with van der Waals surface area (Å²) in [5.41, 5.74) is 2.21. The largest absolute Gasteiger partial charge is 0.328 e. The molecule has 1 aliphatic rings. The second kappa shape index (κ2) is 6.80. The van der Waals surface area contributed by atoms with Crippen molar-refractivity contribution in [3.63, 3.8) is 0 Å². The van der Waals surface area contributed by atoms with Crippen molar-refractivity contribution in [2.75, 3.05) is 18.0 Å². The van der Waals surface area contributed by atoms with E-state index < -0.39 is 17.6 Å². The molecule has 0 aliphatic carbocycles. The number of aryl methyl sites for hydroxylation is 2. The van der Waals surface area contributed by atoms with Gasteiger partial charge >= 0.3 is 11.8 Å². The third kappa shape index (κ3) is 3.49. The molecule has 0 spiro atoms. The molecule has 0 saturated carbocycles. The molecule has 1 saturated heterocycles. The number of hydrogen-bond acceptors (Lipinski definition) is 3. The van der Waals surface area contributed by atoms with Crippen LogP contribution in [0.4, 0.5) is 10.2 Å². The first-order chi connectivity index (χ1) is 11.9. The number of benzene rings is 1. The molecule has 7 heteroatoms.